The van der Waals surface area contributed by atoms with Gasteiger partial charge in [-0.1, -0.05) is 42.5 Å². The van der Waals surface area contributed by atoms with Gasteiger partial charge >= 0.3 is 0 Å². The van der Waals surface area contributed by atoms with Gasteiger partial charge in [0.15, 0.2) is 11.5 Å². The molecule has 1 N–H and O–H groups in total. The topological polar surface area (TPSA) is 59.0 Å². The van der Waals surface area contributed by atoms with Crippen LogP contribution in [0.4, 0.5) is 0 Å². The van der Waals surface area contributed by atoms with Crippen LogP contribution >= 0.6 is 0 Å². The van der Waals surface area contributed by atoms with Crippen molar-refractivity contribution in [3.63, 3.8) is 0 Å². The number of methoxy groups -OCH3 is 2. The van der Waals surface area contributed by atoms with E-state index < -0.39 is 5.41 Å². The summed E-state index contributed by atoms with van der Waals surface area (Å²) in [5.74, 6) is 1.22. The molecule has 5 heteroatoms. The van der Waals surface area contributed by atoms with Crippen molar-refractivity contribution in [3.8, 4) is 11.5 Å². The molecule has 1 aliphatic rings. The lowest BCUT2D eigenvalue weighted by molar-refractivity contribution is -0.135. The number of aliphatic hydroxyl groups excluding tert-OH is 1. The van der Waals surface area contributed by atoms with Crippen LogP contribution in [0.25, 0.3) is 0 Å². The van der Waals surface area contributed by atoms with Crippen molar-refractivity contribution in [3.05, 3.63) is 72.3 Å². The first-order valence-corrected chi connectivity index (χ1v) is 9.41. The van der Waals surface area contributed by atoms with Gasteiger partial charge in [0.05, 0.1) is 32.3 Å². The predicted octanol–water partition coefficient (Wildman–Crippen LogP) is 3.48. The van der Waals surface area contributed by atoms with Crippen LogP contribution in [0.1, 0.15) is 30.0 Å². The Balaban J connectivity index is 2.01. The van der Waals surface area contributed by atoms with Gasteiger partial charge in [0.25, 0.3) is 0 Å². The first-order chi connectivity index (χ1) is 13.6. The third kappa shape index (κ3) is 3.38. The molecule has 5 nitrogen and oxygen atoms in total. The van der Waals surface area contributed by atoms with Crippen molar-refractivity contribution in [1.29, 1.82) is 0 Å². The molecule has 2 atom stereocenters. The van der Waals surface area contributed by atoms with E-state index in [0.29, 0.717) is 30.9 Å². The zero-order valence-corrected chi connectivity index (χ0v) is 16.4. The minimum absolute atomic E-state index is 0.00234. The van der Waals surface area contributed by atoms with Gasteiger partial charge in [-0.25, -0.2) is 0 Å². The van der Waals surface area contributed by atoms with Crippen molar-refractivity contribution in [1.82, 2.24) is 4.90 Å². The fraction of sp³-hybridized carbons (Fsp3) is 0.348. The molecule has 0 aliphatic carbocycles. The molecular weight excluding hydrogens is 354 g/mol. The number of likely N-dealkylation sites (tertiary alicyclic amines) is 1. The first-order valence-electron chi connectivity index (χ1n) is 9.41. The number of ether oxygens (including phenoxy) is 2. The van der Waals surface area contributed by atoms with Crippen LogP contribution in [0, 0.1) is 0 Å². The third-order valence-corrected chi connectivity index (χ3v) is 5.61. The quantitative estimate of drug-likeness (QED) is 0.711. The summed E-state index contributed by atoms with van der Waals surface area (Å²) in [6, 6.07) is 14.9. The van der Waals surface area contributed by atoms with E-state index in [1.165, 1.54) is 0 Å². The number of hydrogen-bond acceptors (Lipinski definition) is 4. The molecule has 2 aromatic carbocycles. The maximum Gasteiger partial charge on any atom is 0.234 e. The van der Waals surface area contributed by atoms with Crippen LogP contribution in [-0.4, -0.2) is 43.3 Å². The minimum Gasteiger partial charge on any atom is -0.493 e. The smallest absolute Gasteiger partial charge is 0.234 e. The summed E-state index contributed by atoms with van der Waals surface area (Å²) in [5.41, 5.74) is 1.09. The molecule has 148 valence electrons. The highest BCUT2D eigenvalue weighted by Crippen LogP contribution is 2.44. The Hall–Kier alpha value is -2.79. The Morgan fingerprint density at radius 3 is 2.50 bits per heavy atom. The highest BCUT2D eigenvalue weighted by molar-refractivity contribution is 5.91. The van der Waals surface area contributed by atoms with E-state index in [-0.39, 0.29) is 18.6 Å². The molecule has 2 aromatic rings. The maximum atomic E-state index is 13.6. The Morgan fingerprint density at radius 2 is 1.89 bits per heavy atom. The van der Waals surface area contributed by atoms with Crippen molar-refractivity contribution in [2.75, 3.05) is 27.4 Å². The van der Waals surface area contributed by atoms with Crippen LogP contribution in [0.15, 0.2) is 61.2 Å². The minimum atomic E-state index is -0.719. The van der Waals surface area contributed by atoms with Crippen molar-refractivity contribution < 1.29 is 19.4 Å². The molecule has 3 rings (SSSR count). The summed E-state index contributed by atoms with van der Waals surface area (Å²) in [4.78, 5) is 15.4. The molecular formula is C23H27NO4. The van der Waals surface area contributed by atoms with Gasteiger partial charge in [-0.3, -0.25) is 4.79 Å². The Labute approximate surface area is 166 Å². The molecule has 1 aliphatic heterocycles. The van der Waals surface area contributed by atoms with Gasteiger partial charge in [0.1, 0.15) is 0 Å². The lowest BCUT2D eigenvalue weighted by atomic mass is 9.76. The summed E-state index contributed by atoms with van der Waals surface area (Å²) in [6.45, 7) is 4.33. The van der Waals surface area contributed by atoms with Crippen LogP contribution < -0.4 is 9.47 Å². The van der Waals surface area contributed by atoms with Crippen LogP contribution in [0.5, 0.6) is 11.5 Å². The van der Waals surface area contributed by atoms with Gasteiger partial charge < -0.3 is 19.5 Å². The lowest BCUT2D eigenvalue weighted by Crippen LogP contribution is -2.40. The maximum absolute atomic E-state index is 13.6. The van der Waals surface area contributed by atoms with Crippen LogP contribution in [0.2, 0.25) is 0 Å². The molecule has 1 fully saturated rings. The van der Waals surface area contributed by atoms with E-state index in [0.717, 1.165) is 11.1 Å². The number of nitrogens with zero attached hydrogens (tertiary/aromatic N) is 1. The monoisotopic (exact) mass is 381 g/mol. The number of hydrogen-bond donors (Lipinski definition) is 1. The second-order valence-corrected chi connectivity index (χ2v) is 7.00. The average molecular weight is 381 g/mol. The van der Waals surface area contributed by atoms with E-state index in [9.17, 15) is 9.90 Å². The fourth-order valence-corrected chi connectivity index (χ4v) is 4.11. The lowest BCUT2D eigenvalue weighted by Gasteiger charge is -2.31. The van der Waals surface area contributed by atoms with E-state index >= 15 is 0 Å². The predicted molar refractivity (Wildman–Crippen MR) is 109 cm³/mol. The number of carbonyl (C=O) groups excluding carboxylic acids is 1. The summed E-state index contributed by atoms with van der Waals surface area (Å²) < 4.78 is 10.8. The SMILES string of the molecule is C=CC[C@@]1(c2ccc(OC)c(OC)c2)CCN([C@H](CO)c2ccccc2)C1=O. The second-order valence-electron chi connectivity index (χ2n) is 7.00. The van der Waals surface area contributed by atoms with Gasteiger partial charge in [0, 0.05) is 6.54 Å². The van der Waals surface area contributed by atoms with Gasteiger partial charge in [-0.05, 0) is 36.1 Å². The standard InChI is InChI=1S/C23H27NO4/c1-4-12-23(18-10-11-20(27-2)21(15-18)28-3)13-14-24(22(23)26)19(16-25)17-8-6-5-7-9-17/h4-11,15,19,25H,1,12-14,16H2,2-3H3/t19-,23+/m1/s1. The normalized spacial score (nSPS) is 20.1. The highest BCUT2D eigenvalue weighted by Gasteiger charge is 2.49. The van der Waals surface area contributed by atoms with E-state index in [1.54, 1.807) is 25.2 Å². The highest BCUT2D eigenvalue weighted by atomic mass is 16.5. The van der Waals surface area contributed by atoms with Crippen molar-refractivity contribution in [2.24, 2.45) is 0 Å². The zero-order chi connectivity index (χ0) is 20.1. The van der Waals surface area contributed by atoms with E-state index in [4.69, 9.17) is 9.47 Å². The summed E-state index contributed by atoms with van der Waals surface area (Å²) >= 11 is 0. The summed E-state index contributed by atoms with van der Waals surface area (Å²) in [5, 5.41) is 10.0. The molecule has 1 saturated heterocycles. The fourth-order valence-electron chi connectivity index (χ4n) is 4.11. The zero-order valence-electron chi connectivity index (χ0n) is 16.4. The Morgan fingerprint density at radius 1 is 1.18 bits per heavy atom. The molecule has 1 heterocycles. The van der Waals surface area contributed by atoms with Gasteiger partial charge in [-0.15, -0.1) is 6.58 Å². The molecule has 0 unspecified atom stereocenters. The summed E-state index contributed by atoms with van der Waals surface area (Å²) in [6.07, 6.45) is 2.95. The van der Waals surface area contributed by atoms with Crippen molar-refractivity contribution >= 4 is 5.91 Å². The molecule has 0 aromatic heterocycles. The molecule has 0 spiro atoms. The summed E-state index contributed by atoms with van der Waals surface area (Å²) in [7, 11) is 3.17. The largest absolute Gasteiger partial charge is 0.493 e. The molecule has 28 heavy (non-hydrogen) atoms. The number of aliphatic hydroxyl groups is 1. The molecule has 0 bridgehead atoms. The van der Waals surface area contributed by atoms with Crippen LogP contribution in [-0.2, 0) is 10.2 Å². The molecule has 0 radical (unpaired) electrons. The van der Waals surface area contributed by atoms with Gasteiger partial charge in [-0.2, -0.15) is 0 Å². The number of benzene rings is 2. The average Bonchev–Trinajstić information content (AvgIpc) is 3.06. The number of amides is 1. The van der Waals surface area contributed by atoms with Crippen molar-refractivity contribution in [2.45, 2.75) is 24.3 Å². The Bertz CT molecular complexity index is 836. The molecule has 0 saturated carbocycles. The number of carbonyl (C=O) groups is 1. The third-order valence-electron chi connectivity index (χ3n) is 5.61. The van der Waals surface area contributed by atoms with E-state index in [1.807, 2.05) is 48.5 Å². The van der Waals surface area contributed by atoms with Crippen LogP contribution in [0.3, 0.4) is 0 Å². The molecule has 1 amide bonds. The second kappa shape index (κ2) is 8.48. The first kappa shape index (κ1) is 20.0. The Kier molecular flexibility index (Phi) is 6.05. The number of allylic oxidation sites excluding steroid dienone is 1. The van der Waals surface area contributed by atoms with E-state index in [2.05, 4.69) is 6.58 Å². The number of rotatable bonds is 8. The van der Waals surface area contributed by atoms with Gasteiger partial charge in [0.2, 0.25) is 5.91 Å².